The number of pyridine rings is 1. The number of ether oxygens (including phenoxy) is 2. The van der Waals surface area contributed by atoms with Crippen molar-refractivity contribution < 1.29 is 14.3 Å². The molecule has 0 bridgehead atoms. The minimum Gasteiger partial charge on any atom is -0.347 e. The molecule has 0 aromatic carbocycles. The number of carbonyl (C=O) groups is 1. The Balaban J connectivity index is 1.68. The van der Waals surface area contributed by atoms with E-state index in [9.17, 15) is 4.79 Å². The largest absolute Gasteiger partial charge is 0.347 e. The van der Waals surface area contributed by atoms with E-state index in [-0.39, 0.29) is 11.1 Å². The van der Waals surface area contributed by atoms with Crippen LogP contribution in [0.15, 0.2) is 18.3 Å². The molecule has 0 unspecified atom stereocenters. The third-order valence-electron chi connectivity index (χ3n) is 3.62. The molecule has 1 aromatic heterocycles. The van der Waals surface area contributed by atoms with Gasteiger partial charge in [-0.2, -0.15) is 0 Å². The predicted molar refractivity (Wildman–Crippen MR) is 69.0 cm³/mol. The Morgan fingerprint density at radius 2 is 2.00 bits per heavy atom. The molecule has 102 valence electrons. The Bertz CT molecular complexity index is 479. The quantitative estimate of drug-likeness (QED) is 0.736. The van der Waals surface area contributed by atoms with Crippen molar-refractivity contribution in [1.29, 1.82) is 0 Å². The minimum atomic E-state index is -0.463. The standard InChI is InChI=1S/C13H15ClN2O3/c14-11-10(2-1-5-15-11)12(17)16-6-3-13(4-7-16)18-8-9-19-13/h1-2,5H,3-4,6-9H2. The number of amides is 1. The molecule has 0 N–H and O–H groups in total. The molecule has 5 nitrogen and oxygen atoms in total. The van der Waals surface area contributed by atoms with E-state index in [1.807, 2.05) is 0 Å². The van der Waals surface area contributed by atoms with Crippen LogP contribution in [0.5, 0.6) is 0 Å². The van der Waals surface area contributed by atoms with Gasteiger partial charge in [0.05, 0.1) is 18.8 Å². The molecular weight excluding hydrogens is 268 g/mol. The Morgan fingerprint density at radius 3 is 2.63 bits per heavy atom. The van der Waals surface area contributed by atoms with E-state index in [0.717, 1.165) is 0 Å². The van der Waals surface area contributed by atoms with Crippen molar-refractivity contribution in [3.05, 3.63) is 29.0 Å². The van der Waals surface area contributed by atoms with Crippen molar-refractivity contribution in [1.82, 2.24) is 9.88 Å². The summed E-state index contributed by atoms with van der Waals surface area (Å²) in [5.74, 6) is -0.541. The number of likely N-dealkylation sites (tertiary alicyclic amines) is 1. The molecule has 0 aliphatic carbocycles. The molecule has 0 saturated carbocycles. The van der Waals surface area contributed by atoms with Gasteiger partial charge in [0.1, 0.15) is 5.15 Å². The summed E-state index contributed by atoms with van der Waals surface area (Å²) in [4.78, 5) is 18.1. The van der Waals surface area contributed by atoms with Crippen LogP contribution >= 0.6 is 11.6 Å². The van der Waals surface area contributed by atoms with Crippen molar-refractivity contribution in [3.8, 4) is 0 Å². The van der Waals surface area contributed by atoms with E-state index in [1.165, 1.54) is 0 Å². The maximum absolute atomic E-state index is 12.3. The second-order valence-corrected chi connectivity index (χ2v) is 5.10. The summed E-state index contributed by atoms with van der Waals surface area (Å²) in [5.41, 5.74) is 0.452. The maximum Gasteiger partial charge on any atom is 0.256 e. The molecule has 6 heteroatoms. The molecule has 19 heavy (non-hydrogen) atoms. The normalized spacial score (nSPS) is 21.8. The minimum absolute atomic E-state index is 0.0778. The third-order valence-corrected chi connectivity index (χ3v) is 3.92. The topological polar surface area (TPSA) is 51.7 Å². The molecule has 0 atom stereocenters. The lowest BCUT2D eigenvalue weighted by molar-refractivity contribution is -0.181. The van der Waals surface area contributed by atoms with Crippen LogP contribution in [0.1, 0.15) is 23.2 Å². The van der Waals surface area contributed by atoms with Crippen LogP contribution in [0.3, 0.4) is 0 Å². The van der Waals surface area contributed by atoms with E-state index in [2.05, 4.69) is 4.98 Å². The van der Waals surface area contributed by atoms with Crippen molar-refractivity contribution in [2.45, 2.75) is 18.6 Å². The Morgan fingerprint density at radius 1 is 1.32 bits per heavy atom. The summed E-state index contributed by atoms with van der Waals surface area (Å²) in [6.07, 6.45) is 2.98. The van der Waals surface area contributed by atoms with Crippen LogP contribution in [0.2, 0.25) is 5.15 Å². The van der Waals surface area contributed by atoms with Crippen LogP contribution in [-0.4, -0.2) is 47.9 Å². The van der Waals surface area contributed by atoms with Gasteiger partial charge in [0, 0.05) is 32.1 Å². The fourth-order valence-electron chi connectivity index (χ4n) is 2.55. The fourth-order valence-corrected chi connectivity index (χ4v) is 2.75. The van der Waals surface area contributed by atoms with Gasteiger partial charge in [-0.3, -0.25) is 4.79 Å². The lowest BCUT2D eigenvalue weighted by atomic mass is 10.0. The molecule has 1 aromatic rings. The molecule has 3 heterocycles. The summed E-state index contributed by atoms with van der Waals surface area (Å²) in [7, 11) is 0. The maximum atomic E-state index is 12.3. The highest BCUT2D eigenvalue weighted by molar-refractivity contribution is 6.32. The summed E-state index contributed by atoms with van der Waals surface area (Å²) >= 11 is 5.95. The smallest absolute Gasteiger partial charge is 0.256 e. The second kappa shape index (κ2) is 5.07. The fraction of sp³-hybridized carbons (Fsp3) is 0.538. The van der Waals surface area contributed by atoms with Gasteiger partial charge in [-0.25, -0.2) is 4.98 Å². The van der Waals surface area contributed by atoms with Gasteiger partial charge >= 0.3 is 0 Å². The Hall–Kier alpha value is -1.17. The average Bonchev–Trinajstić information content (AvgIpc) is 2.88. The summed E-state index contributed by atoms with van der Waals surface area (Å²) in [5, 5.41) is 0.251. The van der Waals surface area contributed by atoms with Gasteiger partial charge in [0.25, 0.3) is 5.91 Å². The summed E-state index contributed by atoms with van der Waals surface area (Å²) < 4.78 is 11.3. The number of nitrogens with zero attached hydrogens (tertiary/aromatic N) is 2. The number of hydrogen-bond acceptors (Lipinski definition) is 4. The highest BCUT2D eigenvalue weighted by atomic mass is 35.5. The van der Waals surface area contributed by atoms with E-state index < -0.39 is 5.79 Å². The zero-order valence-electron chi connectivity index (χ0n) is 10.5. The van der Waals surface area contributed by atoms with Gasteiger partial charge in [-0.05, 0) is 12.1 Å². The summed E-state index contributed by atoms with van der Waals surface area (Å²) in [6.45, 7) is 2.51. The molecule has 2 aliphatic rings. The SMILES string of the molecule is O=C(c1cccnc1Cl)N1CCC2(CC1)OCCO2. The monoisotopic (exact) mass is 282 g/mol. The van der Waals surface area contributed by atoms with Crippen LogP contribution in [0.4, 0.5) is 0 Å². The molecule has 1 spiro atoms. The molecule has 2 fully saturated rings. The van der Waals surface area contributed by atoms with E-state index in [0.29, 0.717) is 44.7 Å². The third kappa shape index (κ3) is 2.45. The van der Waals surface area contributed by atoms with Gasteiger partial charge in [-0.15, -0.1) is 0 Å². The lowest BCUT2D eigenvalue weighted by Gasteiger charge is -2.37. The lowest BCUT2D eigenvalue weighted by Crippen LogP contribution is -2.47. The number of piperidine rings is 1. The Kier molecular flexibility index (Phi) is 3.43. The van der Waals surface area contributed by atoms with Crippen LogP contribution in [-0.2, 0) is 9.47 Å². The number of hydrogen-bond donors (Lipinski definition) is 0. The second-order valence-electron chi connectivity index (χ2n) is 4.74. The number of carbonyl (C=O) groups excluding carboxylic acids is 1. The first-order chi connectivity index (χ1) is 9.20. The van der Waals surface area contributed by atoms with Crippen LogP contribution in [0, 0.1) is 0 Å². The first-order valence-electron chi connectivity index (χ1n) is 6.38. The van der Waals surface area contributed by atoms with Gasteiger partial charge in [0.2, 0.25) is 0 Å². The molecule has 2 aliphatic heterocycles. The number of rotatable bonds is 1. The van der Waals surface area contributed by atoms with Crippen molar-refractivity contribution in [3.63, 3.8) is 0 Å². The molecule has 0 radical (unpaired) electrons. The highest BCUT2D eigenvalue weighted by Gasteiger charge is 2.41. The van der Waals surface area contributed by atoms with E-state index in [1.54, 1.807) is 23.2 Å². The molecule has 2 saturated heterocycles. The summed E-state index contributed by atoms with van der Waals surface area (Å²) in [6, 6.07) is 3.42. The van der Waals surface area contributed by atoms with Crippen molar-refractivity contribution in [2.75, 3.05) is 26.3 Å². The van der Waals surface area contributed by atoms with Crippen LogP contribution < -0.4 is 0 Å². The first kappa shape index (κ1) is 12.8. The van der Waals surface area contributed by atoms with Crippen molar-refractivity contribution in [2.24, 2.45) is 0 Å². The van der Waals surface area contributed by atoms with Gasteiger partial charge < -0.3 is 14.4 Å². The predicted octanol–water partition coefficient (Wildman–Crippen LogP) is 1.71. The highest BCUT2D eigenvalue weighted by Crippen LogP contribution is 2.32. The Labute approximate surface area is 116 Å². The molecule has 3 rings (SSSR count). The zero-order valence-corrected chi connectivity index (χ0v) is 11.2. The zero-order chi connectivity index (χ0) is 13.3. The van der Waals surface area contributed by atoms with E-state index in [4.69, 9.17) is 21.1 Å². The van der Waals surface area contributed by atoms with Crippen LogP contribution in [0.25, 0.3) is 0 Å². The van der Waals surface area contributed by atoms with Gasteiger partial charge in [0.15, 0.2) is 5.79 Å². The van der Waals surface area contributed by atoms with Gasteiger partial charge in [-0.1, -0.05) is 11.6 Å². The molecular formula is C13H15ClN2O3. The van der Waals surface area contributed by atoms with E-state index >= 15 is 0 Å². The first-order valence-corrected chi connectivity index (χ1v) is 6.76. The van der Waals surface area contributed by atoms with Crippen molar-refractivity contribution >= 4 is 17.5 Å². The number of aromatic nitrogens is 1. The molecule has 1 amide bonds. The average molecular weight is 283 g/mol. The number of halogens is 1.